The predicted molar refractivity (Wildman–Crippen MR) is 66.7 cm³/mol. The minimum Gasteiger partial charge on any atom is -0.392 e. The smallest absolute Gasteiger partial charge is 0.222 e. The number of aliphatic hydroxyl groups is 1. The number of likely N-dealkylation sites (tertiary alicyclic amines) is 1. The molecule has 1 aromatic carbocycles. The Labute approximate surface area is 102 Å². The zero-order chi connectivity index (χ0) is 12.3. The van der Waals surface area contributed by atoms with Crippen molar-refractivity contribution in [3.8, 4) is 0 Å². The van der Waals surface area contributed by atoms with Crippen molar-refractivity contribution in [1.29, 1.82) is 0 Å². The fourth-order valence-electron chi connectivity index (χ4n) is 2.42. The summed E-state index contributed by atoms with van der Waals surface area (Å²) in [6.07, 6.45) is 0.876. The summed E-state index contributed by atoms with van der Waals surface area (Å²) < 4.78 is 0. The van der Waals surface area contributed by atoms with Crippen molar-refractivity contribution >= 4 is 5.91 Å². The summed E-state index contributed by atoms with van der Waals surface area (Å²) in [5.74, 6) is 0.235. The lowest BCUT2D eigenvalue weighted by Crippen LogP contribution is -2.44. The van der Waals surface area contributed by atoms with E-state index in [1.54, 1.807) is 0 Å². The molecule has 3 heteroatoms. The van der Waals surface area contributed by atoms with Gasteiger partial charge in [-0.2, -0.15) is 0 Å². The quantitative estimate of drug-likeness (QED) is 0.845. The first-order valence-electron chi connectivity index (χ1n) is 6.23. The Kier molecular flexibility index (Phi) is 3.79. The van der Waals surface area contributed by atoms with Gasteiger partial charge in [0.1, 0.15) is 0 Å². The first-order valence-corrected chi connectivity index (χ1v) is 6.23. The van der Waals surface area contributed by atoms with Crippen LogP contribution in [0.2, 0.25) is 0 Å². The van der Waals surface area contributed by atoms with Crippen LogP contribution < -0.4 is 0 Å². The molecule has 2 atom stereocenters. The second-order valence-corrected chi connectivity index (χ2v) is 4.57. The first-order chi connectivity index (χ1) is 8.22. The molecular formula is C14H19NO2. The van der Waals surface area contributed by atoms with Crippen LogP contribution in [0.3, 0.4) is 0 Å². The van der Waals surface area contributed by atoms with Crippen LogP contribution in [0.15, 0.2) is 30.3 Å². The molecule has 2 rings (SSSR count). The summed E-state index contributed by atoms with van der Waals surface area (Å²) in [5.41, 5.74) is 1.12. The number of carbonyl (C=O) groups is 1. The molecule has 0 aromatic heterocycles. The number of hydrogen-bond acceptors (Lipinski definition) is 2. The Morgan fingerprint density at radius 1 is 1.41 bits per heavy atom. The van der Waals surface area contributed by atoms with Gasteiger partial charge >= 0.3 is 0 Å². The van der Waals surface area contributed by atoms with Gasteiger partial charge in [-0.05, 0) is 12.0 Å². The second kappa shape index (κ2) is 5.32. The van der Waals surface area contributed by atoms with Gasteiger partial charge in [-0.25, -0.2) is 0 Å². The average molecular weight is 233 g/mol. The summed E-state index contributed by atoms with van der Waals surface area (Å²) in [5, 5.41) is 10.1. The Bertz CT molecular complexity index is 377. The molecule has 0 saturated carbocycles. The summed E-state index contributed by atoms with van der Waals surface area (Å²) in [4.78, 5) is 13.6. The molecule has 0 radical (unpaired) electrons. The number of hydrogen-bond donors (Lipinski definition) is 1. The normalized spacial score (nSPS) is 24.7. The van der Waals surface area contributed by atoms with Gasteiger partial charge in [-0.15, -0.1) is 0 Å². The van der Waals surface area contributed by atoms with Crippen molar-refractivity contribution in [2.45, 2.75) is 31.8 Å². The van der Waals surface area contributed by atoms with Gasteiger partial charge in [0.25, 0.3) is 0 Å². The molecule has 92 valence electrons. The van der Waals surface area contributed by atoms with Gasteiger partial charge in [0.2, 0.25) is 5.91 Å². The molecule has 1 amide bonds. The van der Waals surface area contributed by atoms with E-state index in [0.717, 1.165) is 5.56 Å². The van der Waals surface area contributed by atoms with Gasteiger partial charge in [0.15, 0.2) is 0 Å². The molecule has 3 nitrogen and oxygen atoms in total. The third-order valence-electron chi connectivity index (χ3n) is 3.46. The fourth-order valence-corrected chi connectivity index (χ4v) is 2.42. The van der Waals surface area contributed by atoms with E-state index in [9.17, 15) is 9.90 Å². The highest BCUT2D eigenvalue weighted by molar-refractivity contribution is 5.76. The highest BCUT2D eigenvalue weighted by Crippen LogP contribution is 2.27. The molecule has 1 saturated heterocycles. The molecule has 0 bridgehead atoms. The summed E-state index contributed by atoms with van der Waals surface area (Å²) >= 11 is 0. The number of amides is 1. The number of benzene rings is 1. The number of piperidine rings is 1. The Morgan fingerprint density at radius 2 is 2.12 bits per heavy atom. The first kappa shape index (κ1) is 12.1. The minimum absolute atomic E-state index is 0.0560. The summed E-state index contributed by atoms with van der Waals surface area (Å²) in [6.45, 7) is 3.19. The zero-order valence-electron chi connectivity index (χ0n) is 10.2. The molecule has 0 aliphatic carbocycles. The lowest BCUT2D eigenvalue weighted by Gasteiger charge is -2.36. The van der Waals surface area contributed by atoms with E-state index in [2.05, 4.69) is 0 Å². The molecular weight excluding hydrogens is 214 g/mol. The van der Waals surface area contributed by atoms with Crippen molar-refractivity contribution in [3.63, 3.8) is 0 Å². The number of rotatable bonds is 2. The Morgan fingerprint density at radius 3 is 2.76 bits per heavy atom. The van der Waals surface area contributed by atoms with Crippen LogP contribution >= 0.6 is 0 Å². The van der Waals surface area contributed by atoms with Gasteiger partial charge in [-0.3, -0.25) is 4.79 Å². The van der Waals surface area contributed by atoms with E-state index < -0.39 is 0 Å². The van der Waals surface area contributed by atoms with E-state index in [-0.39, 0.29) is 17.9 Å². The maximum Gasteiger partial charge on any atom is 0.222 e. The maximum atomic E-state index is 11.7. The van der Waals surface area contributed by atoms with Crippen molar-refractivity contribution in [1.82, 2.24) is 4.90 Å². The molecule has 1 aliphatic heterocycles. The van der Waals surface area contributed by atoms with Crippen LogP contribution in [0.4, 0.5) is 0 Å². The van der Waals surface area contributed by atoms with Crippen LogP contribution in [-0.4, -0.2) is 35.1 Å². The van der Waals surface area contributed by atoms with Gasteiger partial charge in [-0.1, -0.05) is 37.3 Å². The largest absolute Gasteiger partial charge is 0.392 e. The third kappa shape index (κ3) is 2.67. The molecule has 1 aromatic rings. The van der Waals surface area contributed by atoms with E-state index in [1.165, 1.54) is 0 Å². The van der Waals surface area contributed by atoms with Gasteiger partial charge in [0.05, 0.1) is 6.10 Å². The van der Waals surface area contributed by atoms with Crippen LogP contribution in [0, 0.1) is 0 Å². The lowest BCUT2D eigenvalue weighted by atomic mass is 9.88. The van der Waals surface area contributed by atoms with E-state index >= 15 is 0 Å². The fraction of sp³-hybridized carbons (Fsp3) is 0.500. The number of aliphatic hydroxyl groups excluding tert-OH is 1. The molecule has 2 unspecified atom stereocenters. The van der Waals surface area contributed by atoms with Crippen LogP contribution in [0.5, 0.6) is 0 Å². The summed E-state index contributed by atoms with van der Waals surface area (Å²) in [6, 6.07) is 9.96. The molecule has 1 aliphatic rings. The number of carbonyl (C=O) groups excluding carboxylic acids is 1. The highest BCUT2D eigenvalue weighted by atomic mass is 16.3. The topological polar surface area (TPSA) is 40.5 Å². The maximum absolute atomic E-state index is 11.7. The molecule has 1 heterocycles. The zero-order valence-corrected chi connectivity index (χ0v) is 10.2. The van der Waals surface area contributed by atoms with E-state index in [4.69, 9.17) is 0 Å². The molecule has 0 spiro atoms. The Balaban J connectivity index is 2.13. The van der Waals surface area contributed by atoms with Crippen molar-refractivity contribution in [3.05, 3.63) is 35.9 Å². The van der Waals surface area contributed by atoms with Crippen molar-refractivity contribution < 1.29 is 9.90 Å². The van der Waals surface area contributed by atoms with Crippen molar-refractivity contribution in [2.75, 3.05) is 13.1 Å². The predicted octanol–water partition coefficient (Wildman–Crippen LogP) is 1.77. The van der Waals surface area contributed by atoms with Crippen LogP contribution in [0.25, 0.3) is 0 Å². The molecule has 17 heavy (non-hydrogen) atoms. The van der Waals surface area contributed by atoms with Crippen LogP contribution in [0.1, 0.15) is 31.2 Å². The molecule has 1 N–H and O–H groups in total. The highest BCUT2D eigenvalue weighted by Gasteiger charge is 2.30. The minimum atomic E-state index is -0.335. The SMILES string of the molecule is CCC(=O)N1CCC(O)C(c2ccccc2)C1. The average Bonchev–Trinajstić information content (AvgIpc) is 2.39. The second-order valence-electron chi connectivity index (χ2n) is 4.57. The van der Waals surface area contributed by atoms with E-state index in [0.29, 0.717) is 25.9 Å². The Hall–Kier alpha value is -1.35. The lowest BCUT2D eigenvalue weighted by molar-refractivity contribution is -0.133. The van der Waals surface area contributed by atoms with Gasteiger partial charge < -0.3 is 10.0 Å². The standard InChI is InChI=1S/C14H19NO2/c1-2-14(17)15-9-8-13(16)12(10-15)11-6-4-3-5-7-11/h3-7,12-13,16H,2,8-10H2,1H3. The third-order valence-corrected chi connectivity index (χ3v) is 3.46. The van der Waals surface area contributed by atoms with E-state index in [1.807, 2.05) is 42.2 Å². The number of nitrogens with zero attached hydrogens (tertiary/aromatic N) is 1. The monoisotopic (exact) mass is 233 g/mol. The van der Waals surface area contributed by atoms with Crippen molar-refractivity contribution in [2.24, 2.45) is 0 Å². The summed E-state index contributed by atoms with van der Waals surface area (Å²) in [7, 11) is 0. The van der Waals surface area contributed by atoms with Gasteiger partial charge in [0, 0.05) is 25.4 Å². The van der Waals surface area contributed by atoms with Crippen LogP contribution in [-0.2, 0) is 4.79 Å². The molecule has 1 fully saturated rings.